The van der Waals surface area contributed by atoms with Crippen LogP contribution < -0.4 is 10.1 Å². The van der Waals surface area contributed by atoms with Crippen molar-refractivity contribution in [2.75, 3.05) is 11.9 Å². The zero-order valence-electron chi connectivity index (χ0n) is 16.7. The molecular formula is C21H20F3NO6S. The lowest BCUT2D eigenvalue weighted by Crippen LogP contribution is -2.46. The van der Waals surface area contributed by atoms with E-state index in [1.165, 1.54) is 24.3 Å². The Labute approximate surface area is 182 Å². The molecule has 0 radical (unpaired) electrons. The summed E-state index contributed by atoms with van der Waals surface area (Å²) in [6.45, 7) is -0.744. The molecule has 1 N–H and O–H groups in total. The third kappa shape index (κ3) is 5.21. The predicted octanol–water partition coefficient (Wildman–Crippen LogP) is 3.85. The molecule has 0 aliphatic heterocycles. The van der Waals surface area contributed by atoms with Crippen molar-refractivity contribution in [3.05, 3.63) is 54.6 Å². The number of hydrogen-bond acceptors (Lipinski definition) is 6. The SMILES string of the molecule is O=C(COC(=O)C1(S(=O)(=O)c2ccccc2)CCCC1)Nc1ccc(OC(F)(F)F)cc1. The van der Waals surface area contributed by atoms with Crippen molar-refractivity contribution in [3.8, 4) is 5.75 Å². The number of hydrogen-bond donors (Lipinski definition) is 1. The minimum atomic E-state index is -4.84. The van der Waals surface area contributed by atoms with Crippen LogP contribution in [0.25, 0.3) is 0 Å². The molecule has 0 spiro atoms. The van der Waals surface area contributed by atoms with Crippen molar-refractivity contribution in [1.82, 2.24) is 0 Å². The fourth-order valence-electron chi connectivity index (χ4n) is 3.55. The monoisotopic (exact) mass is 471 g/mol. The molecule has 0 atom stereocenters. The van der Waals surface area contributed by atoms with Gasteiger partial charge in [0.25, 0.3) is 5.91 Å². The second-order valence-electron chi connectivity index (χ2n) is 7.21. The van der Waals surface area contributed by atoms with Gasteiger partial charge in [-0.3, -0.25) is 9.59 Å². The quantitative estimate of drug-likeness (QED) is 0.616. The average molecular weight is 471 g/mol. The Balaban J connectivity index is 1.64. The molecule has 0 saturated heterocycles. The van der Waals surface area contributed by atoms with Crippen LogP contribution >= 0.6 is 0 Å². The highest BCUT2D eigenvalue weighted by molar-refractivity contribution is 7.93. The maximum absolute atomic E-state index is 13.2. The van der Waals surface area contributed by atoms with Crippen molar-refractivity contribution in [1.29, 1.82) is 0 Å². The van der Waals surface area contributed by atoms with Crippen LogP contribution in [0.3, 0.4) is 0 Å². The fourth-order valence-corrected chi connectivity index (χ4v) is 5.62. The van der Waals surface area contributed by atoms with Crippen LogP contribution in [-0.2, 0) is 24.2 Å². The molecule has 7 nitrogen and oxygen atoms in total. The molecule has 2 aromatic rings. The number of anilines is 1. The van der Waals surface area contributed by atoms with Gasteiger partial charge in [0.1, 0.15) is 5.75 Å². The Kier molecular flexibility index (Phi) is 6.77. The zero-order valence-corrected chi connectivity index (χ0v) is 17.5. The molecule has 1 saturated carbocycles. The molecule has 0 heterocycles. The molecular weight excluding hydrogens is 451 g/mol. The first-order chi connectivity index (χ1) is 15.0. The normalized spacial score (nSPS) is 15.7. The van der Waals surface area contributed by atoms with Crippen molar-refractivity contribution in [2.45, 2.75) is 41.7 Å². The van der Waals surface area contributed by atoms with E-state index in [1.807, 2.05) is 0 Å². The molecule has 2 aromatic carbocycles. The molecule has 0 unspecified atom stereocenters. The second-order valence-corrected chi connectivity index (χ2v) is 9.47. The van der Waals surface area contributed by atoms with Crippen LogP contribution in [0.5, 0.6) is 5.75 Å². The lowest BCUT2D eigenvalue weighted by atomic mass is 10.1. The van der Waals surface area contributed by atoms with E-state index in [0.717, 1.165) is 12.1 Å². The number of carbonyl (C=O) groups is 2. The van der Waals surface area contributed by atoms with E-state index < -0.39 is 45.2 Å². The number of rotatable bonds is 7. The van der Waals surface area contributed by atoms with Crippen molar-refractivity contribution < 1.29 is 40.7 Å². The van der Waals surface area contributed by atoms with E-state index in [-0.39, 0.29) is 23.4 Å². The number of amides is 1. The summed E-state index contributed by atoms with van der Waals surface area (Å²) in [4.78, 5) is 24.9. The summed E-state index contributed by atoms with van der Waals surface area (Å²) in [5.41, 5.74) is 0.146. The zero-order chi connectivity index (χ0) is 23.4. The summed E-state index contributed by atoms with van der Waals surface area (Å²) < 4.78 is 70.0. The molecule has 11 heteroatoms. The molecule has 1 aliphatic rings. The lowest BCUT2D eigenvalue weighted by Gasteiger charge is -2.26. The van der Waals surface area contributed by atoms with E-state index in [4.69, 9.17) is 4.74 Å². The van der Waals surface area contributed by atoms with Gasteiger partial charge in [-0.2, -0.15) is 0 Å². The number of carbonyl (C=O) groups excluding carboxylic acids is 2. The van der Waals surface area contributed by atoms with Gasteiger partial charge in [-0.15, -0.1) is 13.2 Å². The number of benzene rings is 2. The lowest BCUT2D eigenvalue weighted by molar-refractivity contribution is -0.274. The summed E-state index contributed by atoms with van der Waals surface area (Å²) in [5, 5.41) is 2.36. The molecule has 1 fully saturated rings. The van der Waals surface area contributed by atoms with Crippen molar-refractivity contribution >= 4 is 27.4 Å². The van der Waals surface area contributed by atoms with Gasteiger partial charge in [0, 0.05) is 5.69 Å². The molecule has 1 aliphatic carbocycles. The Morgan fingerprint density at radius 3 is 2.12 bits per heavy atom. The number of sulfone groups is 1. The second kappa shape index (κ2) is 9.19. The highest BCUT2D eigenvalue weighted by Crippen LogP contribution is 2.41. The third-order valence-electron chi connectivity index (χ3n) is 5.06. The van der Waals surface area contributed by atoms with Crippen LogP contribution in [0.2, 0.25) is 0 Å². The number of nitrogens with one attached hydrogen (secondary N) is 1. The largest absolute Gasteiger partial charge is 0.573 e. The van der Waals surface area contributed by atoms with Gasteiger partial charge in [0.05, 0.1) is 4.90 Å². The van der Waals surface area contributed by atoms with Gasteiger partial charge in [0.2, 0.25) is 0 Å². The minimum Gasteiger partial charge on any atom is -0.454 e. The summed E-state index contributed by atoms with van der Waals surface area (Å²) in [7, 11) is -4.04. The summed E-state index contributed by atoms with van der Waals surface area (Å²) >= 11 is 0. The number of esters is 1. The van der Waals surface area contributed by atoms with Crippen LogP contribution in [0.1, 0.15) is 25.7 Å². The fraction of sp³-hybridized carbons (Fsp3) is 0.333. The van der Waals surface area contributed by atoms with Crippen molar-refractivity contribution in [2.24, 2.45) is 0 Å². The maximum Gasteiger partial charge on any atom is 0.573 e. The van der Waals surface area contributed by atoms with Crippen LogP contribution in [0, 0.1) is 0 Å². The van der Waals surface area contributed by atoms with Crippen LogP contribution in [0.15, 0.2) is 59.5 Å². The number of alkyl halides is 3. The summed E-state index contributed by atoms with van der Waals surface area (Å²) in [5.74, 6) is -2.23. The molecule has 1 amide bonds. The van der Waals surface area contributed by atoms with Crippen LogP contribution in [0.4, 0.5) is 18.9 Å². The van der Waals surface area contributed by atoms with E-state index in [1.54, 1.807) is 18.2 Å². The minimum absolute atomic E-state index is 0.00414. The molecule has 0 aromatic heterocycles. The first-order valence-corrected chi connectivity index (χ1v) is 11.1. The Morgan fingerprint density at radius 2 is 1.56 bits per heavy atom. The number of halogens is 3. The van der Waals surface area contributed by atoms with Gasteiger partial charge >= 0.3 is 12.3 Å². The van der Waals surface area contributed by atoms with Gasteiger partial charge in [-0.25, -0.2) is 8.42 Å². The van der Waals surface area contributed by atoms with Gasteiger partial charge in [-0.1, -0.05) is 31.0 Å². The van der Waals surface area contributed by atoms with E-state index >= 15 is 0 Å². The first-order valence-electron chi connectivity index (χ1n) is 9.66. The molecule has 3 rings (SSSR count). The standard InChI is InChI=1S/C21H20F3NO6S/c22-21(23,24)31-16-10-8-15(9-11-16)25-18(26)14-30-19(27)20(12-4-5-13-20)32(28,29)17-6-2-1-3-7-17/h1-3,6-11H,4-5,12-14H2,(H,25,26). The van der Waals surface area contributed by atoms with E-state index in [2.05, 4.69) is 10.1 Å². The summed E-state index contributed by atoms with van der Waals surface area (Å²) in [6, 6.07) is 12.0. The topological polar surface area (TPSA) is 98.8 Å². The summed E-state index contributed by atoms with van der Waals surface area (Å²) in [6.07, 6.45) is -3.61. The van der Waals surface area contributed by atoms with E-state index in [0.29, 0.717) is 12.8 Å². The molecule has 0 bridgehead atoms. The number of ether oxygens (including phenoxy) is 2. The van der Waals surface area contributed by atoms with Gasteiger partial charge < -0.3 is 14.8 Å². The third-order valence-corrected chi connectivity index (χ3v) is 7.55. The molecule has 32 heavy (non-hydrogen) atoms. The van der Waals surface area contributed by atoms with Gasteiger partial charge in [0.15, 0.2) is 21.2 Å². The van der Waals surface area contributed by atoms with E-state index in [9.17, 15) is 31.2 Å². The highest BCUT2D eigenvalue weighted by Gasteiger charge is 2.54. The van der Waals surface area contributed by atoms with Crippen LogP contribution in [-0.4, -0.2) is 38.0 Å². The van der Waals surface area contributed by atoms with Crippen molar-refractivity contribution in [3.63, 3.8) is 0 Å². The first kappa shape index (κ1) is 23.6. The average Bonchev–Trinajstić information content (AvgIpc) is 3.25. The Morgan fingerprint density at radius 1 is 0.969 bits per heavy atom. The Bertz CT molecular complexity index is 1060. The highest BCUT2D eigenvalue weighted by atomic mass is 32.2. The Hall–Kier alpha value is -3.08. The smallest absolute Gasteiger partial charge is 0.454 e. The maximum atomic E-state index is 13.2. The molecule has 172 valence electrons. The van der Waals surface area contributed by atoms with Gasteiger partial charge in [-0.05, 0) is 49.2 Å². The predicted molar refractivity (Wildman–Crippen MR) is 108 cm³/mol.